The van der Waals surface area contributed by atoms with Crippen LogP contribution in [0.4, 0.5) is 13.2 Å². The molecule has 0 radical (unpaired) electrons. The zero-order valence-corrected chi connectivity index (χ0v) is 12.6. The fraction of sp³-hybridized carbons (Fsp3) is 0.615. The molecule has 1 fully saturated rings. The smallest absolute Gasteiger partial charge is 0.299 e. The van der Waals surface area contributed by atoms with Gasteiger partial charge in [-0.05, 0) is 46.6 Å². The van der Waals surface area contributed by atoms with Crippen LogP contribution in [0.3, 0.4) is 0 Å². The lowest BCUT2D eigenvalue weighted by Crippen LogP contribution is -2.32. The molecule has 0 amide bonds. The largest absolute Gasteiger partial charge is 0.391 e. The summed E-state index contributed by atoms with van der Waals surface area (Å²) in [6, 6.07) is 1.85. The van der Waals surface area contributed by atoms with E-state index in [1.54, 1.807) is 0 Å². The Balaban J connectivity index is 1.98. The molecular formula is C13H14BrF3OS. The monoisotopic (exact) mass is 354 g/mol. The Morgan fingerprint density at radius 2 is 2.16 bits per heavy atom. The minimum atomic E-state index is -4.16. The molecule has 0 aliphatic heterocycles. The van der Waals surface area contributed by atoms with Gasteiger partial charge in [0.15, 0.2) is 0 Å². The fourth-order valence-electron chi connectivity index (χ4n) is 2.53. The highest BCUT2D eigenvalue weighted by Crippen LogP contribution is 2.40. The van der Waals surface area contributed by atoms with Crippen LogP contribution in [0.5, 0.6) is 0 Å². The van der Waals surface area contributed by atoms with Gasteiger partial charge >= 0.3 is 6.18 Å². The summed E-state index contributed by atoms with van der Waals surface area (Å²) in [5, 5.41) is 1.87. The quantitative estimate of drug-likeness (QED) is 0.747. The maximum absolute atomic E-state index is 12.7. The molecule has 19 heavy (non-hydrogen) atoms. The van der Waals surface area contributed by atoms with Crippen molar-refractivity contribution >= 4 is 33.0 Å². The van der Waals surface area contributed by atoms with Gasteiger partial charge < -0.3 is 0 Å². The van der Waals surface area contributed by atoms with E-state index in [-0.39, 0.29) is 25.0 Å². The van der Waals surface area contributed by atoms with Crippen molar-refractivity contribution in [2.75, 3.05) is 0 Å². The minimum absolute atomic E-state index is 0.0364. The Kier molecular flexibility index (Phi) is 4.71. The average molecular weight is 355 g/mol. The van der Waals surface area contributed by atoms with Gasteiger partial charge in [0.2, 0.25) is 0 Å². The van der Waals surface area contributed by atoms with Gasteiger partial charge in [0, 0.05) is 21.7 Å². The molecule has 0 N–H and O–H groups in total. The van der Waals surface area contributed by atoms with Crippen molar-refractivity contribution in [1.29, 1.82) is 0 Å². The van der Waals surface area contributed by atoms with E-state index >= 15 is 0 Å². The number of rotatable bonds is 3. The molecule has 1 aliphatic rings. The summed E-state index contributed by atoms with van der Waals surface area (Å²) >= 11 is 4.80. The second-order valence-corrected chi connectivity index (χ2v) is 6.79. The topological polar surface area (TPSA) is 17.1 Å². The van der Waals surface area contributed by atoms with Crippen LogP contribution >= 0.6 is 27.3 Å². The van der Waals surface area contributed by atoms with E-state index in [1.165, 1.54) is 11.3 Å². The molecule has 0 saturated heterocycles. The van der Waals surface area contributed by atoms with E-state index in [0.717, 1.165) is 9.35 Å². The van der Waals surface area contributed by atoms with Gasteiger partial charge in [0.05, 0.1) is 5.92 Å². The first-order chi connectivity index (χ1) is 8.88. The van der Waals surface area contributed by atoms with Crippen LogP contribution in [0, 0.1) is 11.8 Å². The molecule has 106 valence electrons. The van der Waals surface area contributed by atoms with Gasteiger partial charge in [0.1, 0.15) is 5.78 Å². The van der Waals surface area contributed by atoms with Crippen molar-refractivity contribution < 1.29 is 18.0 Å². The lowest BCUT2D eigenvalue weighted by molar-refractivity contribution is -0.186. The van der Waals surface area contributed by atoms with Crippen LogP contribution in [0.2, 0.25) is 0 Å². The van der Waals surface area contributed by atoms with Crippen LogP contribution in [-0.2, 0) is 11.2 Å². The summed E-state index contributed by atoms with van der Waals surface area (Å²) in [6.07, 6.45) is -2.71. The molecule has 1 heterocycles. The standard InChI is InChI=1S/C13H14BrF3OS/c14-10-4-5-19-12(10)7-11(18)8-2-1-3-9(6-8)13(15,16)17/h4-5,8-9H,1-3,6-7H2. The average Bonchev–Trinajstić information content (AvgIpc) is 2.74. The third kappa shape index (κ3) is 3.81. The van der Waals surface area contributed by atoms with E-state index in [9.17, 15) is 18.0 Å². The number of thiophene rings is 1. The van der Waals surface area contributed by atoms with Gasteiger partial charge in [-0.1, -0.05) is 6.42 Å². The first-order valence-electron chi connectivity index (χ1n) is 6.19. The Hall–Kier alpha value is -0.360. The molecule has 1 nitrogen and oxygen atoms in total. The van der Waals surface area contributed by atoms with E-state index < -0.39 is 18.0 Å². The van der Waals surface area contributed by atoms with Crippen molar-refractivity contribution in [3.63, 3.8) is 0 Å². The molecule has 2 rings (SSSR count). The molecule has 6 heteroatoms. The highest BCUT2D eigenvalue weighted by atomic mass is 79.9. The van der Waals surface area contributed by atoms with E-state index in [1.807, 2.05) is 11.4 Å². The number of Topliss-reactive ketones (excluding diaryl/α,β-unsaturated/α-hetero) is 1. The van der Waals surface area contributed by atoms with E-state index in [4.69, 9.17) is 0 Å². The van der Waals surface area contributed by atoms with Gasteiger partial charge in [0.25, 0.3) is 0 Å². The predicted molar refractivity (Wildman–Crippen MR) is 72.2 cm³/mol. The van der Waals surface area contributed by atoms with Crippen LogP contribution < -0.4 is 0 Å². The first kappa shape index (κ1) is 15.0. The number of carbonyl (C=O) groups is 1. The van der Waals surface area contributed by atoms with Gasteiger partial charge in [-0.2, -0.15) is 13.2 Å². The fourth-order valence-corrected chi connectivity index (χ4v) is 4.04. The molecular weight excluding hydrogens is 341 g/mol. The summed E-state index contributed by atoms with van der Waals surface area (Å²) in [4.78, 5) is 13.0. The zero-order valence-electron chi connectivity index (χ0n) is 10.2. The van der Waals surface area contributed by atoms with Crippen molar-refractivity contribution in [3.8, 4) is 0 Å². The third-order valence-corrected chi connectivity index (χ3v) is 5.54. The Morgan fingerprint density at radius 3 is 2.74 bits per heavy atom. The maximum atomic E-state index is 12.7. The Bertz CT molecular complexity index is 455. The van der Waals surface area contributed by atoms with Gasteiger partial charge in [-0.25, -0.2) is 0 Å². The summed E-state index contributed by atoms with van der Waals surface area (Å²) < 4.78 is 39.0. The zero-order chi connectivity index (χ0) is 14.0. The van der Waals surface area contributed by atoms with Gasteiger partial charge in [-0.3, -0.25) is 4.79 Å². The van der Waals surface area contributed by atoms with Crippen LogP contribution in [0.15, 0.2) is 15.9 Å². The Morgan fingerprint density at radius 1 is 1.42 bits per heavy atom. The van der Waals surface area contributed by atoms with Crippen molar-refractivity contribution in [2.45, 2.75) is 38.3 Å². The van der Waals surface area contributed by atoms with Crippen molar-refractivity contribution in [3.05, 3.63) is 20.8 Å². The van der Waals surface area contributed by atoms with Gasteiger partial charge in [-0.15, -0.1) is 11.3 Å². The highest BCUT2D eigenvalue weighted by molar-refractivity contribution is 9.10. The SMILES string of the molecule is O=C(Cc1sccc1Br)C1CCCC(C(F)(F)F)C1. The van der Waals surface area contributed by atoms with E-state index in [0.29, 0.717) is 12.8 Å². The summed E-state index contributed by atoms with van der Waals surface area (Å²) in [5.74, 6) is -1.80. The molecule has 1 aromatic rings. The molecule has 1 saturated carbocycles. The predicted octanol–water partition coefficient (Wildman–Crippen LogP) is 4.99. The molecule has 0 spiro atoms. The normalized spacial score (nSPS) is 24.4. The molecule has 1 aliphatic carbocycles. The van der Waals surface area contributed by atoms with Crippen LogP contribution in [0.25, 0.3) is 0 Å². The summed E-state index contributed by atoms with van der Waals surface area (Å²) in [7, 11) is 0. The first-order valence-corrected chi connectivity index (χ1v) is 7.86. The van der Waals surface area contributed by atoms with Crippen LogP contribution in [0.1, 0.15) is 30.6 Å². The molecule has 2 unspecified atom stereocenters. The summed E-state index contributed by atoms with van der Waals surface area (Å²) in [6.45, 7) is 0. The minimum Gasteiger partial charge on any atom is -0.299 e. The van der Waals surface area contributed by atoms with Crippen molar-refractivity contribution in [2.24, 2.45) is 11.8 Å². The number of ketones is 1. The Labute approximate surface area is 122 Å². The number of alkyl halides is 3. The highest BCUT2D eigenvalue weighted by Gasteiger charge is 2.43. The van der Waals surface area contributed by atoms with Crippen molar-refractivity contribution in [1.82, 2.24) is 0 Å². The lowest BCUT2D eigenvalue weighted by atomic mass is 9.78. The lowest BCUT2D eigenvalue weighted by Gasteiger charge is -2.29. The third-order valence-electron chi connectivity index (χ3n) is 3.62. The second-order valence-electron chi connectivity index (χ2n) is 4.94. The molecule has 0 aromatic carbocycles. The maximum Gasteiger partial charge on any atom is 0.391 e. The number of halogens is 4. The summed E-state index contributed by atoms with van der Waals surface area (Å²) in [5.41, 5.74) is 0. The second kappa shape index (κ2) is 5.95. The number of carbonyl (C=O) groups excluding carboxylic acids is 1. The number of hydrogen-bond donors (Lipinski definition) is 0. The number of hydrogen-bond acceptors (Lipinski definition) is 2. The molecule has 1 aromatic heterocycles. The molecule has 2 atom stereocenters. The molecule has 0 bridgehead atoms. The van der Waals surface area contributed by atoms with E-state index in [2.05, 4.69) is 15.9 Å². The van der Waals surface area contributed by atoms with Crippen LogP contribution in [-0.4, -0.2) is 12.0 Å².